The maximum Gasteiger partial charge on any atom is 0.234 e. The first kappa shape index (κ1) is 19.4. The van der Waals surface area contributed by atoms with Crippen molar-refractivity contribution in [1.82, 2.24) is 4.98 Å². The molecule has 0 radical (unpaired) electrons. The van der Waals surface area contributed by atoms with Crippen LogP contribution in [0.2, 0.25) is 0 Å². The Hall–Kier alpha value is -2.38. The zero-order chi connectivity index (χ0) is 19.2. The number of rotatable bonds is 7. The molecule has 0 atom stereocenters. The monoisotopic (exact) mass is 399 g/mol. The lowest BCUT2D eigenvalue weighted by Gasteiger charge is -2.10. The van der Waals surface area contributed by atoms with Crippen LogP contribution in [0.25, 0.3) is 10.2 Å². The Bertz CT molecular complexity index is 920. The zero-order valence-corrected chi connectivity index (χ0v) is 16.8. The summed E-state index contributed by atoms with van der Waals surface area (Å²) in [6, 6.07) is 15.2. The van der Waals surface area contributed by atoms with Crippen molar-refractivity contribution in [3.05, 3.63) is 53.5 Å². The summed E-state index contributed by atoms with van der Waals surface area (Å²) in [6.45, 7) is 3.67. The third-order valence-corrected chi connectivity index (χ3v) is 5.90. The Balaban J connectivity index is 1.49. The number of amides is 2. The predicted octanol–water partition coefficient (Wildman–Crippen LogP) is 4.76. The van der Waals surface area contributed by atoms with Crippen LogP contribution < -0.4 is 10.6 Å². The lowest BCUT2D eigenvalue weighted by Crippen LogP contribution is -2.18. The fourth-order valence-corrected chi connectivity index (χ4v) is 4.22. The van der Waals surface area contributed by atoms with Crippen molar-refractivity contribution in [2.45, 2.75) is 19.6 Å². The van der Waals surface area contributed by atoms with Gasteiger partial charge in [0.05, 0.1) is 16.0 Å². The van der Waals surface area contributed by atoms with Crippen LogP contribution in [0.4, 0.5) is 11.4 Å². The molecule has 0 aliphatic rings. The molecule has 0 aliphatic carbocycles. The van der Waals surface area contributed by atoms with Gasteiger partial charge in [0.25, 0.3) is 0 Å². The molecule has 3 rings (SSSR count). The molecule has 1 aromatic heterocycles. The normalized spacial score (nSPS) is 10.9. The zero-order valence-electron chi connectivity index (χ0n) is 15.2. The van der Waals surface area contributed by atoms with E-state index in [0.717, 1.165) is 15.2 Å². The van der Waals surface area contributed by atoms with Crippen LogP contribution in [0.1, 0.15) is 18.9 Å². The summed E-state index contributed by atoms with van der Waals surface area (Å²) in [5.74, 6) is 0.830. The minimum absolute atomic E-state index is 0.0510. The van der Waals surface area contributed by atoms with Crippen molar-refractivity contribution in [2.24, 2.45) is 5.92 Å². The average Bonchev–Trinajstić information content (AvgIpc) is 3.04. The van der Waals surface area contributed by atoms with Gasteiger partial charge in [-0.05, 0) is 30.3 Å². The van der Waals surface area contributed by atoms with Crippen molar-refractivity contribution in [1.29, 1.82) is 0 Å². The van der Waals surface area contributed by atoms with Crippen molar-refractivity contribution in [3.63, 3.8) is 0 Å². The van der Waals surface area contributed by atoms with E-state index in [-0.39, 0.29) is 17.7 Å². The van der Waals surface area contributed by atoms with Crippen molar-refractivity contribution < 1.29 is 9.59 Å². The highest BCUT2D eigenvalue weighted by atomic mass is 32.2. The topological polar surface area (TPSA) is 71.1 Å². The fourth-order valence-electron chi connectivity index (χ4n) is 2.37. The van der Waals surface area contributed by atoms with Gasteiger partial charge in [0, 0.05) is 23.0 Å². The minimum atomic E-state index is -0.0952. The summed E-state index contributed by atoms with van der Waals surface area (Å²) in [4.78, 5) is 28.5. The van der Waals surface area contributed by atoms with Crippen molar-refractivity contribution >= 4 is 56.5 Å². The van der Waals surface area contributed by atoms with E-state index in [1.807, 2.05) is 32.0 Å². The molecule has 3 aromatic rings. The van der Waals surface area contributed by atoms with Crippen LogP contribution in [0.3, 0.4) is 0 Å². The Morgan fingerprint density at radius 1 is 1.07 bits per heavy atom. The van der Waals surface area contributed by atoms with Gasteiger partial charge in [0.1, 0.15) is 5.01 Å². The van der Waals surface area contributed by atoms with E-state index in [2.05, 4.69) is 21.7 Å². The molecule has 2 aromatic carbocycles. The molecule has 7 heteroatoms. The second kappa shape index (κ2) is 9.01. The van der Waals surface area contributed by atoms with Crippen molar-refractivity contribution in [3.8, 4) is 0 Å². The fraction of sp³-hybridized carbons (Fsp3) is 0.250. The molecule has 1 heterocycles. The number of thioether (sulfide) groups is 1. The second-order valence-corrected chi connectivity index (χ2v) is 8.44. The molecule has 2 N–H and O–H groups in total. The summed E-state index contributed by atoms with van der Waals surface area (Å²) in [7, 11) is 0. The maximum absolute atomic E-state index is 12.2. The van der Waals surface area contributed by atoms with Gasteiger partial charge in [0.15, 0.2) is 0 Å². The van der Waals surface area contributed by atoms with Gasteiger partial charge in [-0.15, -0.1) is 23.1 Å². The molecule has 0 fully saturated rings. The Morgan fingerprint density at radius 3 is 2.56 bits per heavy atom. The van der Waals surface area contributed by atoms with Crippen LogP contribution >= 0.6 is 23.1 Å². The summed E-state index contributed by atoms with van der Waals surface area (Å²) in [5.41, 5.74) is 2.35. The first-order chi connectivity index (χ1) is 13.0. The Labute approximate surface area is 166 Å². The number of nitrogens with zero attached hydrogens (tertiary/aromatic N) is 1. The lowest BCUT2D eigenvalue weighted by molar-refractivity contribution is -0.119. The van der Waals surface area contributed by atoms with Crippen LogP contribution in [-0.2, 0) is 15.3 Å². The molecule has 0 bridgehead atoms. The van der Waals surface area contributed by atoms with E-state index < -0.39 is 0 Å². The summed E-state index contributed by atoms with van der Waals surface area (Å²) < 4.78 is 1.16. The van der Waals surface area contributed by atoms with Gasteiger partial charge in [0.2, 0.25) is 11.8 Å². The predicted molar refractivity (Wildman–Crippen MR) is 114 cm³/mol. The number of benzene rings is 2. The van der Waals surface area contributed by atoms with Gasteiger partial charge < -0.3 is 10.6 Å². The molecular weight excluding hydrogens is 378 g/mol. The molecule has 0 unspecified atom stereocenters. The minimum Gasteiger partial charge on any atom is -0.326 e. The smallest absolute Gasteiger partial charge is 0.234 e. The van der Waals surface area contributed by atoms with E-state index in [9.17, 15) is 9.59 Å². The highest BCUT2D eigenvalue weighted by molar-refractivity contribution is 7.99. The van der Waals surface area contributed by atoms with Crippen LogP contribution in [-0.4, -0.2) is 22.6 Å². The number of hydrogen-bond donors (Lipinski definition) is 2. The number of carbonyl (C=O) groups is 2. The third kappa shape index (κ3) is 5.55. The largest absolute Gasteiger partial charge is 0.326 e. The van der Waals surface area contributed by atoms with Gasteiger partial charge in [-0.3, -0.25) is 9.59 Å². The highest BCUT2D eigenvalue weighted by Gasteiger charge is 2.09. The van der Waals surface area contributed by atoms with Crippen LogP contribution in [0.15, 0.2) is 48.5 Å². The average molecular weight is 400 g/mol. The molecule has 0 spiro atoms. The number of aromatic nitrogens is 1. The van der Waals surface area contributed by atoms with Crippen molar-refractivity contribution in [2.75, 3.05) is 16.4 Å². The number of nitrogens with one attached hydrogen (secondary N) is 2. The summed E-state index contributed by atoms with van der Waals surface area (Å²) in [6.07, 6.45) is 0. The number of hydrogen-bond acceptors (Lipinski definition) is 5. The third-order valence-electron chi connectivity index (χ3n) is 3.74. The van der Waals surface area contributed by atoms with E-state index in [4.69, 9.17) is 0 Å². The highest BCUT2D eigenvalue weighted by Crippen LogP contribution is 2.25. The quantitative estimate of drug-likeness (QED) is 0.601. The van der Waals surface area contributed by atoms with E-state index in [0.29, 0.717) is 22.9 Å². The maximum atomic E-state index is 12.2. The second-order valence-electron chi connectivity index (χ2n) is 6.34. The van der Waals surface area contributed by atoms with Gasteiger partial charge in [-0.2, -0.15) is 0 Å². The first-order valence-corrected chi connectivity index (χ1v) is 10.6. The Kier molecular flexibility index (Phi) is 6.47. The molecule has 0 saturated carbocycles. The molecule has 0 aliphatic heterocycles. The van der Waals surface area contributed by atoms with Gasteiger partial charge in [-0.25, -0.2) is 4.98 Å². The standard InChI is InChI=1S/C20H21N3O2S2/c1-13(2)20(25)22-15-7-5-6-14(10-15)21-18(24)11-26-12-19-23-16-8-3-4-9-17(16)27-19/h3-10,13H,11-12H2,1-2H3,(H,21,24)(H,22,25). The molecule has 27 heavy (non-hydrogen) atoms. The number of thiazole rings is 1. The van der Waals surface area contributed by atoms with E-state index in [1.165, 1.54) is 11.8 Å². The first-order valence-electron chi connectivity index (χ1n) is 8.64. The Morgan fingerprint density at radius 2 is 1.81 bits per heavy atom. The van der Waals surface area contributed by atoms with Gasteiger partial charge >= 0.3 is 0 Å². The summed E-state index contributed by atoms with van der Waals surface area (Å²) >= 11 is 3.19. The SMILES string of the molecule is CC(C)C(=O)Nc1cccc(NC(=O)CSCc2nc3ccccc3s2)c1. The lowest BCUT2D eigenvalue weighted by atomic mass is 10.2. The molecular formula is C20H21N3O2S2. The van der Waals surface area contributed by atoms with E-state index in [1.54, 1.807) is 35.6 Å². The van der Waals surface area contributed by atoms with Gasteiger partial charge in [-0.1, -0.05) is 32.0 Å². The number of fused-ring (bicyclic) bond motifs is 1. The van der Waals surface area contributed by atoms with Crippen LogP contribution in [0, 0.1) is 5.92 Å². The molecule has 140 valence electrons. The molecule has 5 nitrogen and oxygen atoms in total. The number of para-hydroxylation sites is 1. The van der Waals surface area contributed by atoms with E-state index >= 15 is 0 Å². The molecule has 2 amide bonds. The number of anilines is 2. The van der Waals surface area contributed by atoms with Crippen LogP contribution in [0.5, 0.6) is 0 Å². The summed E-state index contributed by atoms with van der Waals surface area (Å²) in [5, 5.41) is 6.72. The number of carbonyl (C=O) groups excluding carboxylic acids is 2. The molecule has 0 saturated heterocycles.